The van der Waals surface area contributed by atoms with Crippen LogP contribution < -0.4 is 4.74 Å². The Morgan fingerprint density at radius 1 is 1.06 bits per heavy atom. The molecule has 8 heteroatoms. The molecule has 0 N–H and O–H groups in total. The molecule has 1 aromatic heterocycles. The molecule has 4 rings (SSSR count). The monoisotopic (exact) mass is 504 g/mol. The number of esters is 1. The summed E-state index contributed by atoms with van der Waals surface area (Å²) in [7, 11) is 1.15. The van der Waals surface area contributed by atoms with Crippen molar-refractivity contribution >= 4 is 17.3 Å². The van der Waals surface area contributed by atoms with Gasteiger partial charge in [-0.25, -0.2) is 4.79 Å². The van der Waals surface area contributed by atoms with E-state index in [4.69, 9.17) is 14.2 Å². The van der Waals surface area contributed by atoms with E-state index in [1.807, 2.05) is 6.07 Å². The molecular weight excluding hydrogens is 477 g/mol. The van der Waals surface area contributed by atoms with Crippen molar-refractivity contribution in [3.63, 3.8) is 0 Å². The zero-order valence-corrected chi connectivity index (χ0v) is 20.8. The van der Waals surface area contributed by atoms with Crippen LogP contribution in [-0.4, -0.2) is 25.3 Å². The zero-order valence-electron chi connectivity index (χ0n) is 20.0. The van der Waals surface area contributed by atoms with Gasteiger partial charge in [-0.15, -0.1) is 11.3 Å². The van der Waals surface area contributed by atoms with E-state index in [2.05, 4.69) is 0 Å². The first kappa shape index (κ1) is 25.3. The van der Waals surface area contributed by atoms with Crippen molar-refractivity contribution in [2.45, 2.75) is 51.5 Å². The Bertz CT molecular complexity index is 1210. The van der Waals surface area contributed by atoms with Crippen LogP contribution in [0.25, 0.3) is 21.6 Å². The number of hydrogen-bond acceptors (Lipinski definition) is 5. The molecule has 1 aliphatic rings. The highest BCUT2D eigenvalue weighted by molar-refractivity contribution is 7.16. The second kappa shape index (κ2) is 9.66. The summed E-state index contributed by atoms with van der Waals surface area (Å²) in [6.07, 6.45) is -4.68. The predicted molar refractivity (Wildman–Crippen MR) is 130 cm³/mol. The van der Waals surface area contributed by atoms with Crippen molar-refractivity contribution in [1.82, 2.24) is 0 Å². The Labute approximate surface area is 206 Å². The number of aryl methyl sites for hydroxylation is 1. The maximum atomic E-state index is 14.5. The number of fused-ring (bicyclic) bond motifs is 1. The van der Waals surface area contributed by atoms with Crippen molar-refractivity contribution in [1.29, 1.82) is 0 Å². The van der Waals surface area contributed by atoms with Gasteiger partial charge >= 0.3 is 12.1 Å². The third-order valence-corrected chi connectivity index (χ3v) is 6.88. The fraction of sp³-hybridized carbons (Fsp3) is 0.370. The van der Waals surface area contributed by atoms with Crippen LogP contribution >= 0.6 is 11.3 Å². The Kier molecular flexibility index (Phi) is 6.97. The van der Waals surface area contributed by atoms with E-state index in [1.54, 1.807) is 63.2 Å². The van der Waals surface area contributed by atoms with Crippen LogP contribution in [0.4, 0.5) is 13.2 Å². The fourth-order valence-electron chi connectivity index (χ4n) is 4.19. The maximum absolute atomic E-state index is 14.5. The number of thiophene rings is 1. The average Bonchev–Trinajstić information content (AvgIpc) is 3.23. The third-order valence-electron chi connectivity index (χ3n) is 5.58. The molecule has 0 bridgehead atoms. The van der Waals surface area contributed by atoms with Crippen LogP contribution in [0.3, 0.4) is 0 Å². The Morgan fingerprint density at radius 2 is 1.77 bits per heavy atom. The molecule has 0 saturated carbocycles. The largest absolute Gasteiger partial charge is 0.493 e. The van der Waals surface area contributed by atoms with Gasteiger partial charge in [0.05, 0.1) is 19.3 Å². The quantitative estimate of drug-likeness (QED) is 0.339. The minimum atomic E-state index is -4.70. The summed E-state index contributed by atoms with van der Waals surface area (Å²) in [5.74, 6) is -0.157. The third kappa shape index (κ3) is 5.38. The lowest BCUT2D eigenvalue weighted by Crippen LogP contribution is -2.29. The highest BCUT2D eigenvalue weighted by Gasteiger charge is 2.44. The summed E-state index contributed by atoms with van der Waals surface area (Å²) in [6.45, 7) is 5.68. The van der Waals surface area contributed by atoms with Gasteiger partial charge in [0.15, 0.2) is 6.10 Å². The molecular formula is C27H27F3O4S. The molecule has 2 aromatic carbocycles. The van der Waals surface area contributed by atoms with Gasteiger partial charge in [0.2, 0.25) is 0 Å². The zero-order chi connectivity index (χ0) is 25.4. The second-order valence-electron chi connectivity index (χ2n) is 9.32. The summed E-state index contributed by atoms with van der Waals surface area (Å²) in [4.78, 5) is 12.4. The molecule has 186 valence electrons. The minimum Gasteiger partial charge on any atom is -0.493 e. The summed E-state index contributed by atoms with van der Waals surface area (Å²) in [5, 5.41) is 0. The summed E-state index contributed by atoms with van der Waals surface area (Å²) >= 11 is 0.617. The van der Waals surface area contributed by atoms with E-state index >= 15 is 0 Å². The Hall–Kier alpha value is -2.84. The number of halogens is 3. The van der Waals surface area contributed by atoms with Crippen molar-refractivity contribution in [3.8, 4) is 27.3 Å². The number of ether oxygens (including phenoxy) is 3. The molecule has 1 aliphatic heterocycles. The van der Waals surface area contributed by atoms with Gasteiger partial charge in [-0.3, -0.25) is 0 Å². The lowest BCUT2D eigenvalue weighted by atomic mass is 9.91. The Morgan fingerprint density at radius 3 is 2.40 bits per heavy atom. The van der Waals surface area contributed by atoms with E-state index < -0.39 is 28.7 Å². The number of alkyl halides is 3. The van der Waals surface area contributed by atoms with Gasteiger partial charge in [0.1, 0.15) is 10.6 Å². The highest BCUT2D eigenvalue weighted by Crippen LogP contribution is 2.52. The first-order valence-electron chi connectivity index (χ1n) is 11.3. The van der Waals surface area contributed by atoms with Crippen molar-refractivity contribution in [2.75, 3.05) is 13.7 Å². The fourth-order valence-corrected chi connectivity index (χ4v) is 5.41. The summed E-state index contributed by atoms with van der Waals surface area (Å²) < 4.78 is 60.1. The van der Waals surface area contributed by atoms with Gasteiger partial charge in [0, 0.05) is 16.0 Å². The molecule has 4 nitrogen and oxygen atoms in total. The van der Waals surface area contributed by atoms with Gasteiger partial charge in [-0.2, -0.15) is 13.2 Å². The number of benzene rings is 2. The molecule has 0 radical (unpaired) electrons. The first-order chi connectivity index (χ1) is 16.5. The lowest BCUT2D eigenvalue weighted by molar-refractivity contribution is -0.166. The van der Waals surface area contributed by atoms with E-state index in [-0.39, 0.29) is 5.56 Å². The van der Waals surface area contributed by atoms with Crippen LogP contribution in [0.15, 0.2) is 48.5 Å². The number of rotatable bonds is 5. The summed E-state index contributed by atoms with van der Waals surface area (Å²) in [6, 6.07) is 14.3. The van der Waals surface area contributed by atoms with Gasteiger partial charge in [-0.1, -0.05) is 36.4 Å². The van der Waals surface area contributed by atoms with E-state index in [0.29, 0.717) is 39.5 Å². The van der Waals surface area contributed by atoms with Crippen LogP contribution in [0.2, 0.25) is 0 Å². The van der Waals surface area contributed by atoms with Crippen molar-refractivity contribution in [2.24, 2.45) is 0 Å². The van der Waals surface area contributed by atoms with Crippen molar-refractivity contribution in [3.05, 3.63) is 64.5 Å². The van der Waals surface area contributed by atoms with Crippen LogP contribution in [-0.2, 0) is 26.9 Å². The molecule has 2 heterocycles. The minimum absolute atomic E-state index is 0.222. The number of carbonyl (C=O) groups excluding carboxylic acids is 1. The molecule has 3 aromatic rings. The molecule has 1 atom stereocenters. The molecule has 0 aliphatic carbocycles. The Balaban J connectivity index is 2.07. The van der Waals surface area contributed by atoms with E-state index in [0.717, 1.165) is 31.3 Å². The van der Waals surface area contributed by atoms with Crippen LogP contribution in [0.5, 0.6) is 5.75 Å². The number of methoxy groups -OCH3 is 1. The number of carbonyl (C=O) groups is 1. The van der Waals surface area contributed by atoms with Gasteiger partial charge < -0.3 is 14.2 Å². The molecule has 0 fully saturated rings. The molecule has 0 amide bonds. The summed E-state index contributed by atoms with van der Waals surface area (Å²) in [5.41, 5.74) is 1.31. The first-order valence-corrected chi connectivity index (χ1v) is 12.1. The van der Waals surface area contributed by atoms with E-state index in [1.165, 1.54) is 0 Å². The molecule has 1 unspecified atom stereocenters. The molecule has 35 heavy (non-hydrogen) atoms. The van der Waals surface area contributed by atoms with Crippen LogP contribution in [0, 0.1) is 0 Å². The van der Waals surface area contributed by atoms with Gasteiger partial charge in [-0.05, 0) is 62.4 Å². The topological polar surface area (TPSA) is 44.8 Å². The maximum Gasteiger partial charge on any atom is 0.426 e. The normalized spacial score (nSPS) is 14.7. The number of hydrogen-bond donors (Lipinski definition) is 0. The second-order valence-corrected chi connectivity index (χ2v) is 10.3. The van der Waals surface area contributed by atoms with Gasteiger partial charge in [0.25, 0.3) is 0 Å². The molecule has 0 saturated heterocycles. The SMILES string of the molecule is COC(=O)C(OC(C)(C)C)c1c(C(F)(F)F)sc(-c2ccccc2)c1-c1ccc2c(c1)CCCO2. The average molecular weight is 505 g/mol. The molecule has 0 spiro atoms. The predicted octanol–water partition coefficient (Wildman–Crippen LogP) is 7.46. The van der Waals surface area contributed by atoms with Crippen LogP contribution in [0.1, 0.15) is 49.3 Å². The lowest BCUT2D eigenvalue weighted by Gasteiger charge is -2.28. The highest BCUT2D eigenvalue weighted by atomic mass is 32.1. The van der Waals surface area contributed by atoms with E-state index in [9.17, 15) is 18.0 Å². The smallest absolute Gasteiger partial charge is 0.426 e. The standard InChI is InChI=1S/C27H27F3O4S/c1-26(2,3)34-22(25(31)32-4)21-20(18-12-13-19-17(15-18)11-8-14-33-19)23(16-9-6-5-7-10-16)35-24(21)27(28,29)30/h5-7,9-10,12-13,15,22H,8,11,14H2,1-4H3. The van der Waals surface area contributed by atoms with Crippen molar-refractivity contribution < 1.29 is 32.2 Å².